The normalized spacial score (nSPS) is 10.6. The van der Waals surface area contributed by atoms with Crippen LogP contribution in [0.15, 0.2) is 84.0 Å². The van der Waals surface area contributed by atoms with Gasteiger partial charge in [-0.2, -0.15) is 5.10 Å². The molecule has 0 bridgehead atoms. The zero-order valence-corrected chi connectivity index (χ0v) is 16.8. The summed E-state index contributed by atoms with van der Waals surface area (Å²) in [6.07, 6.45) is 1.55. The van der Waals surface area contributed by atoms with Crippen LogP contribution < -0.4 is 19.6 Å². The van der Waals surface area contributed by atoms with Crippen molar-refractivity contribution in [2.24, 2.45) is 5.10 Å². The molecule has 6 heteroatoms. The lowest BCUT2D eigenvalue weighted by atomic mass is 10.2. The molecule has 1 N–H and O–H groups in total. The van der Waals surface area contributed by atoms with Crippen molar-refractivity contribution in [1.29, 1.82) is 0 Å². The minimum atomic E-state index is -0.344. The summed E-state index contributed by atoms with van der Waals surface area (Å²) in [5.41, 5.74) is 4.30. The fourth-order valence-corrected chi connectivity index (χ4v) is 2.60. The van der Waals surface area contributed by atoms with Gasteiger partial charge < -0.3 is 14.2 Å². The number of ether oxygens (including phenoxy) is 3. The summed E-state index contributed by atoms with van der Waals surface area (Å²) in [5.74, 6) is 1.56. The van der Waals surface area contributed by atoms with Crippen molar-refractivity contribution in [3.63, 3.8) is 0 Å². The van der Waals surface area contributed by atoms with Gasteiger partial charge in [0.15, 0.2) is 18.1 Å². The Balaban J connectivity index is 1.54. The van der Waals surface area contributed by atoms with Gasteiger partial charge in [-0.25, -0.2) is 5.43 Å². The molecule has 154 valence electrons. The third-order valence-electron chi connectivity index (χ3n) is 4.02. The monoisotopic (exact) mass is 404 g/mol. The van der Waals surface area contributed by atoms with Gasteiger partial charge in [0, 0.05) is 0 Å². The second kappa shape index (κ2) is 11.3. The van der Waals surface area contributed by atoms with Gasteiger partial charge in [-0.05, 0) is 48.4 Å². The van der Waals surface area contributed by atoms with E-state index in [1.54, 1.807) is 18.3 Å². The van der Waals surface area contributed by atoms with Gasteiger partial charge in [-0.1, -0.05) is 48.5 Å². The van der Waals surface area contributed by atoms with E-state index in [1.165, 1.54) is 0 Å². The van der Waals surface area contributed by atoms with E-state index in [2.05, 4.69) is 10.5 Å². The number of para-hydroxylation sites is 1. The van der Waals surface area contributed by atoms with Crippen LogP contribution in [0.4, 0.5) is 0 Å². The van der Waals surface area contributed by atoms with Crippen molar-refractivity contribution >= 4 is 12.1 Å². The van der Waals surface area contributed by atoms with E-state index in [4.69, 9.17) is 14.2 Å². The van der Waals surface area contributed by atoms with Crippen LogP contribution >= 0.6 is 0 Å². The van der Waals surface area contributed by atoms with Crippen molar-refractivity contribution in [2.45, 2.75) is 13.5 Å². The highest BCUT2D eigenvalue weighted by Gasteiger charge is 2.07. The minimum absolute atomic E-state index is 0.113. The molecule has 3 aromatic rings. The first-order valence-corrected chi connectivity index (χ1v) is 9.68. The van der Waals surface area contributed by atoms with Gasteiger partial charge in [0.2, 0.25) is 0 Å². The van der Waals surface area contributed by atoms with Gasteiger partial charge in [-0.15, -0.1) is 0 Å². The average molecular weight is 404 g/mol. The lowest BCUT2D eigenvalue weighted by molar-refractivity contribution is -0.123. The molecule has 6 nitrogen and oxygen atoms in total. The van der Waals surface area contributed by atoms with E-state index in [1.807, 2.05) is 73.7 Å². The molecule has 1 amide bonds. The molecule has 0 aliphatic heterocycles. The van der Waals surface area contributed by atoms with Crippen molar-refractivity contribution in [1.82, 2.24) is 5.43 Å². The van der Waals surface area contributed by atoms with E-state index in [0.29, 0.717) is 30.5 Å². The number of nitrogens with zero attached hydrogens (tertiary/aromatic N) is 1. The third kappa shape index (κ3) is 6.67. The number of hydrogen-bond acceptors (Lipinski definition) is 5. The molecular weight excluding hydrogens is 380 g/mol. The van der Waals surface area contributed by atoms with Gasteiger partial charge in [0.25, 0.3) is 5.91 Å². The Morgan fingerprint density at radius 1 is 0.900 bits per heavy atom. The molecule has 3 rings (SSSR count). The Morgan fingerprint density at radius 3 is 2.37 bits per heavy atom. The first-order valence-electron chi connectivity index (χ1n) is 9.68. The van der Waals surface area contributed by atoms with E-state index in [-0.39, 0.29) is 12.5 Å². The second-order valence-corrected chi connectivity index (χ2v) is 6.31. The third-order valence-corrected chi connectivity index (χ3v) is 4.02. The molecule has 0 fully saturated rings. The van der Waals surface area contributed by atoms with Crippen LogP contribution in [-0.2, 0) is 11.4 Å². The molecule has 0 spiro atoms. The van der Waals surface area contributed by atoms with Crippen LogP contribution in [0.2, 0.25) is 0 Å². The molecule has 3 aromatic carbocycles. The lowest BCUT2D eigenvalue weighted by Gasteiger charge is -2.12. The molecule has 0 aliphatic rings. The molecule has 30 heavy (non-hydrogen) atoms. The second-order valence-electron chi connectivity index (χ2n) is 6.31. The highest BCUT2D eigenvalue weighted by atomic mass is 16.5. The Hall–Kier alpha value is -3.80. The van der Waals surface area contributed by atoms with Crippen LogP contribution in [0, 0.1) is 0 Å². The molecule has 0 saturated heterocycles. The molecule has 0 unspecified atom stereocenters. The highest BCUT2D eigenvalue weighted by Crippen LogP contribution is 2.28. The highest BCUT2D eigenvalue weighted by molar-refractivity contribution is 5.83. The van der Waals surface area contributed by atoms with Gasteiger partial charge >= 0.3 is 0 Å². The number of amides is 1. The van der Waals surface area contributed by atoms with Gasteiger partial charge in [0.05, 0.1) is 12.8 Å². The zero-order chi connectivity index (χ0) is 21.0. The van der Waals surface area contributed by atoms with Crippen LogP contribution in [0.25, 0.3) is 0 Å². The number of carbonyl (C=O) groups excluding carboxylic acids is 1. The molecular formula is C24H24N2O4. The fraction of sp³-hybridized carbons (Fsp3) is 0.167. The first kappa shape index (κ1) is 20.9. The van der Waals surface area contributed by atoms with Crippen molar-refractivity contribution in [3.8, 4) is 17.2 Å². The number of nitrogens with one attached hydrogen (secondary N) is 1. The Morgan fingerprint density at radius 2 is 1.63 bits per heavy atom. The number of hydrazone groups is 1. The van der Waals surface area contributed by atoms with Crippen LogP contribution in [0.5, 0.6) is 17.2 Å². The van der Waals surface area contributed by atoms with Crippen molar-refractivity contribution in [2.75, 3.05) is 13.2 Å². The first-order chi connectivity index (χ1) is 14.7. The van der Waals surface area contributed by atoms with E-state index < -0.39 is 0 Å². The summed E-state index contributed by atoms with van der Waals surface area (Å²) in [4.78, 5) is 11.9. The number of rotatable bonds is 10. The van der Waals surface area contributed by atoms with E-state index in [0.717, 1.165) is 11.1 Å². The summed E-state index contributed by atoms with van der Waals surface area (Å²) < 4.78 is 17.0. The van der Waals surface area contributed by atoms with Crippen molar-refractivity contribution in [3.05, 3.63) is 90.0 Å². The van der Waals surface area contributed by atoms with E-state index >= 15 is 0 Å². The fourth-order valence-electron chi connectivity index (χ4n) is 2.60. The lowest BCUT2D eigenvalue weighted by Crippen LogP contribution is -2.24. The smallest absolute Gasteiger partial charge is 0.277 e. The summed E-state index contributed by atoms with van der Waals surface area (Å²) >= 11 is 0. The number of carbonyl (C=O) groups is 1. The van der Waals surface area contributed by atoms with Crippen LogP contribution in [-0.4, -0.2) is 25.3 Å². The zero-order valence-electron chi connectivity index (χ0n) is 16.8. The molecule has 0 aliphatic carbocycles. The van der Waals surface area contributed by atoms with Crippen molar-refractivity contribution < 1.29 is 19.0 Å². The maximum absolute atomic E-state index is 11.9. The summed E-state index contributed by atoms with van der Waals surface area (Å²) in [7, 11) is 0. The Kier molecular flexibility index (Phi) is 7.85. The number of benzene rings is 3. The topological polar surface area (TPSA) is 69.2 Å². The summed E-state index contributed by atoms with van der Waals surface area (Å²) in [5, 5.41) is 3.98. The van der Waals surface area contributed by atoms with E-state index in [9.17, 15) is 4.79 Å². The van der Waals surface area contributed by atoms with Crippen LogP contribution in [0.1, 0.15) is 18.1 Å². The Labute approximate surface area is 176 Å². The quantitative estimate of drug-likeness (QED) is 0.406. The van der Waals surface area contributed by atoms with Gasteiger partial charge in [0.1, 0.15) is 12.4 Å². The summed E-state index contributed by atoms with van der Waals surface area (Å²) in [6, 6.07) is 24.6. The predicted octanol–water partition coefficient (Wildman–Crippen LogP) is 4.19. The summed E-state index contributed by atoms with van der Waals surface area (Å²) in [6.45, 7) is 2.76. The predicted molar refractivity (Wildman–Crippen MR) is 116 cm³/mol. The molecule has 0 radical (unpaired) electrons. The SMILES string of the molecule is CCOc1cc(/C=N\NC(=O)COc2ccccc2)ccc1OCc1ccccc1. The standard InChI is InChI=1S/C24H24N2O4/c1-2-28-23-15-20(13-14-22(23)30-17-19-9-5-3-6-10-19)16-25-26-24(27)18-29-21-11-7-4-8-12-21/h3-16H,2,17-18H2,1H3,(H,26,27)/b25-16-. The minimum Gasteiger partial charge on any atom is -0.490 e. The van der Waals surface area contributed by atoms with Gasteiger partial charge in [-0.3, -0.25) is 4.79 Å². The molecule has 0 aromatic heterocycles. The molecule has 0 heterocycles. The largest absolute Gasteiger partial charge is 0.490 e. The Bertz CT molecular complexity index is 959. The molecule has 0 atom stereocenters. The van der Waals surface area contributed by atoms with Crippen LogP contribution in [0.3, 0.4) is 0 Å². The molecule has 0 saturated carbocycles. The average Bonchev–Trinajstić information content (AvgIpc) is 2.79. The maximum Gasteiger partial charge on any atom is 0.277 e. The maximum atomic E-state index is 11.9. The number of hydrogen-bond donors (Lipinski definition) is 1.